The minimum atomic E-state index is -4.76. The van der Waals surface area contributed by atoms with Crippen molar-refractivity contribution >= 4 is 13.6 Å². The first kappa shape index (κ1) is 28.4. The molecule has 9 atom stereocenters. The Bertz CT molecular complexity index is 952. The second-order valence-electron chi connectivity index (χ2n) is 13.3. The molecule has 0 saturated heterocycles. The van der Waals surface area contributed by atoms with Crippen molar-refractivity contribution in [3.63, 3.8) is 0 Å². The average Bonchev–Trinajstić information content (AvgIpc) is 3.02. The van der Waals surface area contributed by atoms with Crippen LogP contribution in [0.25, 0.3) is 0 Å². The van der Waals surface area contributed by atoms with Gasteiger partial charge in [0.15, 0.2) is 5.78 Å². The summed E-state index contributed by atoms with van der Waals surface area (Å²) < 4.78 is 17.1. The maximum absolute atomic E-state index is 13.3. The van der Waals surface area contributed by atoms with E-state index >= 15 is 0 Å². The SMILES string of the molecule is C[C@@H]([C@H]1CC[C@@]2(O)C3=CC(=O)[C@@H]4C[C@@H](O)CC[C@]4(C)[C@H]3CC[C@]12C)[C@@H](CCC(C)(C)O)OP(=O)(O)O. The van der Waals surface area contributed by atoms with Crippen LogP contribution >= 0.6 is 7.82 Å². The van der Waals surface area contributed by atoms with Crippen LogP contribution in [0.2, 0.25) is 0 Å². The van der Waals surface area contributed by atoms with Gasteiger partial charge in [0, 0.05) is 11.3 Å². The summed E-state index contributed by atoms with van der Waals surface area (Å²) in [5.74, 6) is -0.483. The van der Waals surface area contributed by atoms with Gasteiger partial charge in [0.2, 0.25) is 0 Å². The van der Waals surface area contributed by atoms with Crippen molar-refractivity contribution < 1.29 is 39.0 Å². The Labute approximate surface area is 214 Å². The van der Waals surface area contributed by atoms with Crippen LogP contribution in [0.3, 0.4) is 0 Å². The third-order valence-corrected chi connectivity index (χ3v) is 11.2. The number of carbonyl (C=O) groups excluding carboxylic acids is 1. The zero-order chi connectivity index (χ0) is 26.9. The summed E-state index contributed by atoms with van der Waals surface area (Å²) in [6.45, 7) is 9.47. The Balaban J connectivity index is 1.65. The molecule has 36 heavy (non-hydrogen) atoms. The van der Waals surface area contributed by atoms with Gasteiger partial charge < -0.3 is 25.1 Å². The van der Waals surface area contributed by atoms with Crippen molar-refractivity contribution in [3.8, 4) is 0 Å². The quantitative estimate of drug-likeness (QED) is 0.313. The number of allylic oxidation sites excluding steroid dienone is 1. The lowest BCUT2D eigenvalue weighted by Gasteiger charge is -2.60. The van der Waals surface area contributed by atoms with Gasteiger partial charge in [0.25, 0.3) is 0 Å². The van der Waals surface area contributed by atoms with E-state index in [-0.39, 0.29) is 41.3 Å². The van der Waals surface area contributed by atoms with Crippen LogP contribution in [0.5, 0.6) is 0 Å². The molecule has 4 rings (SSSR count). The number of hydrogen-bond donors (Lipinski definition) is 5. The smallest absolute Gasteiger partial charge is 0.393 e. The molecule has 0 aromatic rings. The summed E-state index contributed by atoms with van der Waals surface area (Å²) in [5, 5.41) is 32.8. The Morgan fingerprint density at radius 1 is 1.14 bits per heavy atom. The number of aliphatic hydroxyl groups excluding tert-OH is 1. The maximum atomic E-state index is 13.3. The van der Waals surface area contributed by atoms with Crippen LogP contribution in [0.4, 0.5) is 0 Å². The molecule has 3 fully saturated rings. The highest BCUT2D eigenvalue weighted by Crippen LogP contribution is 2.68. The van der Waals surface area contributed by atoms with E-state index in [4.69, 9.17) is 4.52 Å². The molecular weight excluding hydrogens is 483 g/mol. The third kappa shape index (κ3) is 4.81. The van der Waals surface area contributed by atoms with Crippen molar-refractivity contribution in [2.24, 2.45) is 34.5 Å². The van der Waals surface area contributed by atoms with Gasteiger partial charge in [-0.2, -0.15) is 0 Å². The molecule has 0 radical (unpaired) electrons. The van der Waals surface area contributed by atoms with E-state index in [2.05, 4.69) is 13.8 Å². The van der Waals surface area contributed by atoms with Crippen LogP contribution in [-0.4, -0.2) is 54.3 Å². The number of phosphoric ester groups is 1. The molecule has 0 heterocycles. The second kappa shape index (κ2) is 9.25. The van der Waals surface area contributed by atoms with Crippen LogP contribution in [0, 0.1) is 34.5 Å². The van der Waals surface area contributed by atoms with Gasteiger partial charge in [-0.3, -0.25) is 9.32 Å². The molecule has 0 aliphatic heterocycles. The Kier molecular flexibility index (Phi) is 7.30. The van der Waals surface area contributed by atoms with Gasteiger partial charge in [0.1, 0.15) is 0 Å². The first-order valence-corrected chi connectivity index (χ1v) is 15.1. The monoisotopic (exact) mass is 528 g/mol. The Hall–Kier alpha value is -0.600. The molecule has 0 unspecified atom stereocenters. The summed E-state index contributed by atoms with van der Waals surface area (Å²) in [5.41, 5.74) is -2.19. The zero-order valence-corrected chi connectivity index (χ0v) is 23.2. The van der Waals surface area contributed by atoms with E-state index in [9.17, 15) is 34.5 Å². The number of carbonyl (C=O) groups is 1. The fourth-order valence-corrected chi connectivity index (χ4v) is 9.19. The Morgan fingerprint density at radius 2 is 1.81 bits per heavy atom. The van der Waals surface area contributed by atoms with Crippen molar-refractivity contribution in [2.75, 3.05) is 0 Å². The van der Waals surface area contributed by atoms with Crippen molar-refractivity contribution in [1.82, 2.24) is 0 Å². The fraction of sp³-hybridized carbons (Fsp3) is 0.889. The standard InChI is InChI=1S/C27H45O8P/c1-16(23(35-36(32,33)34)9-10-24(2,3)30)18-8-13-27(31)20-15-22(29)21-14-17(28)6-11-25(21,4)19(20)7-12-26(18,27)5/h15-19,21,23,28,30-31H,6-14H2,1-5H3,(H2,32,33,34)/t16-,17-,18+,19-,21-,23+,25+,26+,27+/m0/s1. The molecule has 0 aromatic carbocycles. The summed E-state index contributed by atoms with van der Waals surface area (Å²) >= 11 is 0. The lowest BCUT2D eigenvalue weighted by molar-refractivity contribution is -0.142. The molecule has 206 valence electrons. The maximum Gasteiger partial charge on any atom is 0.469 e. The summed E-state index contributed by atoms with van der Waals surface area (Å²) in [6.07, 6.45) is 5.69. The zero-order valence-electron chi connectivity index (χ0n) is 22.3. The fourth-order valence-electron chi connectivity index (χ4n) is 8.54. The molecule has 0 aromatic heterocycles. The van der Waals surface area contributed by atoms with Crippen LogP contribution in [-0.2, 0) is 13.9 Å². The third-order valence-electron chi connectivity index (χ3n) is 10.7. The lowest BCUT2D eigenvalue weighted by atomic mass is 9.46. The topological polar surface area (TPSA) is 145 Å². The predicted molar refractivity (Wildman–Crippen MR) is 135 cm³/mol. The van der Waals surface area contributed by atoms with Gasteiger partial charge in [-0.1, -0.05) is 20.8 Å². The molecule has 0 amide bonds. The largest absolute Gasteiger partial charge is 0.469 e. The summed E-state index contributed by atoms with van der Waals surface area (Å²) in [7, 11) is -4.76. The number of ketones is 1. The van der Waals surface area contributed by atoms with E-state index in [0.29, 0.717) is 32.1 Å². The first-order valence-electron chi connectivity index (χ1n) is 13.5. The summed E-state index contributed by atoms with van der Waals surface area (Å²) in [6, 6.07) is 0. The molecule has 9 heteroatoms. The number of aliphatic hydroxyl groups is 3. The molecule has 5 N–H and O–H groups in total. The molecule has 8 nitrogen and oxygen atoms in total. The van der Waals surface area contributed by atoms with E-state index < -0.39 is 36.6 Å². The molecule has 0 bridgehead atoms. The average molecular weight is 529 g/mol. The number of fused-ring (bicyclic) bond motifs is 5. The van der Waals surface area contributed by atoms with Crippen molar-refractivity contribution in [2.45, 2.75) is 116 Å². The van der Waals surface area contributed by atoms with E-state index in [1.807, 2.05) is 6.92 Å². The normalized spacial score (nSPS) is 42.7. The predicted octanol–water partition coefficient (Wildman–Crippen LogP) is 3.89. The van der Waals surface area contributed by atoms with E-state index in [0.717, 1.165) is 24.8 Å². The van der Waals surface area contributed by atoms with E-state index in [1.165, 1.54) is 0 Å². The van der Waals surface area contributed by atoms with Crippen molar-refractivity contribution in [3.05, 3.63) is 11.6 Å². The first-order chi connectivity index (χ1) is 16.4. The van der Waals surface area contributed by atoms with Crippen molar-refractivity contribution in [1.29, 1.82) is 0 Å². The van der Waals surface area contributed by atoms with Gasteiger partial charge >= 0.3 is 7.82 Å². The molecule has 4 aliphatic carbocycles. The van der Waals surface area contributed by atoms with Gasteiger partial charge in [-0.05, 0) is 106 Å². The number of phosphoric acid groups is 1. The summed E-state index contributed by atoms with van der Waals surface area (Å²) in [4.78, 5) is 32.5. The van der Waals surface area contributed by atoms with Gasteiger partial charge in [-0.15, -0.1) is 0 Å². The highest BCUT2D eigenvalue weighted by atomic mass is 31.2. The highest BCUT2D eigenvalue weighted by Gasteiger charge is 2.66. The molecule has 4 aliphatic rings. The molecular formula is C27H45O8P. The van der Waals surface area contributed by atoms with Crippen LogP contribution < -0.4 is 0 Å². The highest BCUT2D eigenvalue weighted by molar-refractivity contribution is 7.46. The number of hydrogen-bond acceptors (Lipinski definition) is 6. The van der Waals surface area contributed by atoms with E-state index in [1.54, 1.807) is 19.9 Å². The number of rotatable bonds is 7. The lowest BCUT2D eigenvalue weighted by Crippen LogP contribution is -2.59. The van der Waals surface area contributed by atoms with Crippen LogP contribution in [0.15, 0.2) is 11.6 Å². The Morgan fingerprint density at radius 3 is 2.42 bits per heavy atom. The van der Waals surface area contributed by atoms with Gasteiger partial charge in [-0.25, -0.2) is 4.57 Å². The van der Waals surface area contributed by atoms with Gasteiger partial charge in [0.05, 0.1) is 23.4 Å². The molecule has 0 spiro atoms. The minimum Gasteiger partial charge on any atom is -0.393 e. The second-order valence-corrected chi connectivity index (χ2v) is 14.5. The molecule has 3 saturated carbocycles. The van der Waals surface area contributed by atoms with Crippen LogP contribution in [0.1, 0.15) is 92.4 Å². The minimum absolute atomic E-state index is 0.00422.